The SMILES string of the molecule is CCCNC(=O)C(C)NC1=N[C@@H](C(C)C)CS1. The van der Waals surface area contributed by atoms with Crippen molar-refractivity contribution < 1.29 is 4.79 Å². The molecule has 2 N–H and O–H groups in total. The van der Waals surface area contributed by atoms with Crippen LogP contribution in [0, 0.1) is 5.92 Å². The van der Waals surface area contributed by atoms with E-state index >= 15 is 0 Å². The van der Waals surface area contributed by atoms with E-state index < -0.39 is 0 Å². The quantitative estimate of drug-likeness (QED) is 0.787. The van der Waals surface area contributed by atoms with Crippen LogP contribution in [0.4, 0.5) is 0 Å². The number of nitrogens with one attached hydrogen (secondary N) is 2. The molecule has 1 aliphatic heterocycles. The van der Waals surface area contributed by atoms with E-state index in [1.807, 2.05) is 13.8 Å². The van der Waals surface area contributed by atoms with E-state index in [0.717, 1.165) is 23.9 Å². The third-order valence-electron chi connectivity index (χ3n) is 2.73. The standard InChI is InChI=1S/C12H23N3OS/c1-5-6-13-11(16)9(4)14-12-15-10(7-17-12)8(2)3/h8-10H,5-7H2,1-4H3,(H,13,16)(H,14,15)/t9?,10-/m1/s1. The smallest absolute Gasteiger partial charge is 0.242 e. The summed E-state index contributed by atoms with van der Waals surface area (Å²) in [6.07, 6.45) is 0.962. The maximum atomic E-state index is 11.7. The van der Waals surface area contributed by atoms with Gasteiger partial charge in [0.25, 0.3) is 0 Å². The van der Waals surface area contributed by atoms with E-state index in [9.17, 15) is 4.79 Å². The van der Waals surface area contributed by atoms with Gasteiger partial charge < -0.3 is 10.6 Å². The maximum absolute atomic E-state index is 11.7. The summed E-state index contributed by atoms with van der Waals surface area (Å²) in [5.74, 6) is 1.62. The number of hydrogen-bond acceptors (Lipinski definition) is 4. The highest BCUT2D eigenvalue weighted by Crippen LogP contribution is 2.22. The first-order valence-electron chi connectivity index (χ1n) is 6.29. The molecule has 0 fully saturated rings. The first kappa shape index (κ1) is 14.4. The zero-order valence-corrected chi connectivity index (χ0v) is 11.9. The lowest BCUT2D eigenvalue weighted by atomic mass is 10.1. The van der Waals surface area contributed by atoms with Crippen molar-refractivity contribution in [2.45, 2.75) is 46.2 Å². The second kappa shape index (κ2) is 6.89. The molecule has 0 spiro atoms. The summed E-state index contributed by atoms with van der Waals surface area (Å²) in [5, 5.41) is 6.95. The van der Waals surface area contributed by atoms with Crippen LogP contribution in [-0.4, -0.2) is 35.5 Å². The molecule has 0 aromatic rings. The van der Waals surface area contributed by atoms with Gasteiger partial charge in [0.05, 0.1) is 6.04 Å². The summed E-state index contributed by atoms with van der Waals surface area (Å²) in [7, 11) is 0. The minimum Gasteiger partial charge on any atom is -0.354 e. The minimum atomic E-state index is -0.210. The van der Waals surface area contributed by atoms with E-state index in [4.69, 9.17) is 0 Å². The van der Waals surface area contributed by atoms with Crippen LogP contribution < -0.4 is 10.6 Å². The molecule has 2 atom stereocenters. The van der Waals surface area contributed by atoms with Crippen LogP contribution in [0.25, 0.3) is 0 Å². The van der Waals surface area contributed by atoms with Crippen molar-refractivity contribution in [1.29, 1.82) is 0 Å². The van der Waals surface area contributed by atoms with Gasteiger partial charge in [0, 0.05) is 12.3 Å². The molecular formula is C12H23N3OS. The molecule has 0 aromatic heterocycles. The normalized spacial score (nSPS) is 21.2. The van der Waals surface area contributed by atoms with E-state index in [2.05, 4.69) is 29.5 Å². The number of thioether (sulfide) groups is 1. The highest BCUT2D eigenvalue weighted by molar-refractivity contribution is 8.14. The third kappa shape index (κ3) is 4.58. The van der Waals surface area contributed by atoms with Crippen molar-refractivity contribution >= 4 is 22.8 Å². The van der Waals surface area contributed by atoms with E-state index in [0.29, 0.717) is 12.0 Å². The van der Waals surface area contributed by atoms with E-state index in [1.165, 1.54) is 0 Å². The monoisotopic (exact) mass is 257 g/mol. The lowest BCUT2D eigenvalue weighted by Crippen LogP contribution is -2.43. The molecule has 1 unspecified atom stereocenters. The molecule has 1 amide bonds. The van der Waals surface area contributed by atoms with Crippen molar-refractivity contribution in [3.05, 3.63) is 0 Å². The van der Waals surface area contributed by atoms with Gasteiger partial charge in [0.1, 0.15) is 6.04 Å². The predicted molar refractivity (Wildman–Crippen MR) is 74.4 cm³/mol. The summed E-state index contributed by atoms with van der Waals surface area (Å²) in [4.78, 5) is 16.2. The van der Waals surface area contributed by atoms with Crippen LogP contribution in [0.2, 0.25) is 0 Å². The summed E-state index contributed by atoms with van der Waals surface area (Å²) in [5.41, 5.74) is 0. The Kier molecular flexibility index (Phi) is 5.82. The minimum absolute atomic E-state index is 0.0446. The number of carbonyl (C=O) groups is 1. The Bertz CT molecular complexity index is 291. The van der Waals surface area contributed by atoms with Crippen molar-refractivity contribution in [3.8, 4) is 0 Å². The van der Waals surface area contributed by atoms with Crippen molar-refractivity contribution in [1.82, 2.24) is 10.6 Å². The Morgan fingerprint density at radius 1 is 1.53 bits per heavy atom. The highest BCUT2D eigenvalue weighted by atomic mass is 32.2. The molecule has 0 aliphatic carbocycles. The number of nitrogens with zero attached hydrogens (tertiary/aromatic N) is 1. The summed E-state index contributed by atoms with van der Waals surface area (Å²) < 4.78 is 0. The molecule has 1 heterocycles. The van der Waals surface area contributed by atoms with Gasteiger partial charge in [-0.3, -0.25) is 9.79 Å². The molecule has 17 heavy (non-hydrogen) atoms. The van der Waals surface area contributed by atoms with Crippen LogP contribution in [0.3, 0.4) is 0 Å². The van der Waals surface area contributed by atoms with E-state index in [-0.39, 0.29) is 11.9 Å². The Hall–Kier alpha value is -0.710. The summed E-state index contributed by atoms with van der Waals surface area (Å²) >= 11 is 1.71. The number of hydrogen-bond donors (Lipinski definition) is 2. The van der Waals surface area contributed by atoms with Crippen molar-refractivity contribution in [3.63, 3.8) is 0 Å². The molecule has 5 heteroatoms. The fourth-order valence-corrected chi connectivity index (χ4v) is 2.72. The average Bonchev–Trinajstić information content (AvgIpc) is 2.74. The summed E-state index contributed by atoms with van der Waals surface area (Å²) in [6, 6.07) is 0.173. The fourth-order valence-electron chi connectivity index (χ4n) is 1.46. The molecular weight excluding hydrogens is 234 g/mol. The van der Waals surface area contributed by atoms with Gasteiger partial charge in [-0.1, -0.05) is 32.5 Å². The van der Waals surface area contributed by atoms with Gasteiger partial charge in [0.15, 0.2) is 5.17 Å². The lowest BCUT2D eigenvalue weighted by molar-refractivity contribution is -0.122. The number of carbonyl (C=O) groups excluding carboxylic acids is 1. The van der Waals surface area contributed by atoms with Gasteiger partial charge >= 0.3 is 0 Å². The molecule has 1 aliphatic rings. The Morgan fingerprint density at radius 2 is 2.24 bits per heavy atom. The van der Waals surface area contributed by atoms with Gasteiger partial charge in [-0.15, -0.1) is 0 Å². The number of amidine groups is 1. The number of rotatable bonds is 5. The molecule has 0 saturated heterocycles. The largest absolute Gasteiger partial charge is 0.354 e. The van der Waals surface area contributed by atoms with Crippen LogP contribution >= 0.6 is 11.8 Å². The van der Waals surface area contributed by atoms with E-state index in [1.54, 1.807) is 11.8 Å². The van der Waals surface area contributed by atoms with Gasteiger partial charge in [0.2, 0.25) is 5.91 Å². The summed E-state index contributed by atoms with van der Waals surface area (Å²) in [6.45, 7) is 9.00. The molecule has 4 nitrogen and oxygen atoms in total. The zero-order valence-electron chi connectivity index (χ0n) is 11.1. The van der Waals surface area contributed by atoms with Gasteiger partial charge in [-0.2, -0.15) is 0 Å². The topological polar surface area (TPSA) is 53.5 Å². The molecule has 1 rings (SSSR count). The molecule has 98 valence electrons. The lowest BCUT2D eigenvalue weighted by Gasteiger charge is -2.14. The van der Waals surface area contributed by atoms with Crippen LogP contribution in [0.1, 0.15) is 34.1 Å². The van der Waals surface area contributed by atoms with Crippen molar-refractivity contribution in [2.24, 2.45) is 10.9 Å². The second-order valence-corrected chi connectivity index (χ2v) is 5.72. The first-order chi connectivity index (χ1) is 8.04. The predicted octanol–water partition coefficient (Wildman–Crippen LogP) is 1.62. The maximum Gasteiger partial charge on any atom is 0.242 e. The second-order valence-electron chi connectivity index (χ2n) is 4.71. The fraction of sp³-hybridized carbons (Fsp3) is 0.833. The Balaban J connectivity index is 2.39. The van der Waals surface area contributed by atoms with Crippen LogP contribution in [0.15, 0.2) is 4.99 Å². The van der Waals surface area contributed by atoms with Crippen LogP contribution in [0.5, 0.6) is 0 Å². The molecule has 0 aromatic carbocycles. The molecule has 0 radical (unpaired) electrons. The molecule has 0 saturated carbocycles. The average molecular weight is 257 g/mol. The Morgan fingerprint density at radius 3 is 2.76 bits per heavy atom. The van der Waals surface area contributed by atoms with Gasteiger partial charge in [-0.25, -0.2) is 0 Å². The number of amides is 1. The molecule has 0 bridgehead atoms. The highest BCUT2D eigenvalue weighted by Gasteiger charge is 2.23. The third-order valence-corrected chi connectivity index (χ3v) is 3.73. The first-order valence-corrected chi connectivity index (χ1v) is 7.28. The zero-order chi connectivity index (χ0) is 12.8. The van der Waals surface area contributed by atoms with Gasteiger partial charge in [-0.05, 0) is 19.3 Å². The number of aliphatic imine (C=N–C) groups is 1. The van der Waals surface area contributed by atoms with Crippen LogP contribution in [-0.2, 0) is 4.79 Å². The Labute approximate surface area is 108 Å². The van der Waals surface area contributed by atoms with Crippen molar-refractivity contribution in [2.75, 3.05) is 12.3 Å².